The number of rotatable bonds is 10. The second-order valence-corrected chi connectivity index (χ2v) is 8.01. The SMILES string of the molecule is CCOC(=O)C(CC)(CC)P(=O)(O)OOc1ccc(C[C@@H](C)N)cc1. The molecular weight excluding hydrogens is 345 g/mol. The molecule has 142 valence electrons. The van der Waals surface area contributed by atoms with Gasteiger partial charge >= 0.3 is 13.6 Å². The summed E-state index contributed by atoms with van der Waals surface area (Å²) in [6.07, 6.45) is 0.886. The second-order valence-electron chi connectivity index (χ2n) is 5.96. The van der Waals surface area contributed by atoms with Crippen molar-refractivity contribution in [3.8, 4) is 5.75 Å². The van der Waals surface area contributed by atoms with Crippen LogP contribution >= 0.6 is 7.60 Å². The minimum Gasteiger partial charge on any atom is -0.465 e. The molecule has 0 radical (unpaired) electrons. The first-order valence-corrected chi connectivity index (χ1v) is 10.0. The van der Waals surface area contributed by atoms with E-state index in [9.17, 15) is 14.3 Å². The Balaban J connectivity index is 2.88. The Hall–Kier alpha value is -1.40. The zero-order chi connectivity index (χ0) is 19.1. The summed E-state index contributed by atoms with van der Waals surface area (Å²) in [6, 6.07) is 6.84. The first kappa shape index (κ1) is 21.6. The predicted octanol–water partition coefficient (Wildman–Crippen LogP) is 3.19. The Morgan fingerprint density at radius 2 is 1.80 bits per heavy atom. The van der Waals surface area contributed by atoms with Gasteiger partial charge in [-0.05, 0) is 50.8 Å². The fraction of sp³-hybridized carbons (Fsp3) is 0.588. The summed E-state index contributed by atoms with van der Waals surface area (Å²) in [5.74, 6) is -0.505. The molecule has 0 amide bonds. The molecule has 1 aromatic rings. The lowest BCUT2D eigenvalue weighted by molar-refractivity contribution is -0.151. The van der Waals surface area contributed by atoms with Crippen LogP contribution in [0.3, 0.4) is 0 Å². The van der Waals surface area contributed by atoms with E-state index < -0.39 is 18.7 Å². The molecule has 1 unspecified atom stereocenters. The maximum absolute atomic E-state index is 12.7. The lowest BCUT2D eigenvalue weighted by atomic mass is 10.0. The van der Waals surface area contributed by atoms with Crippen LogP contribution in [-0.4, -0.2) is 28.7 Å². The Kier molecular flexibility index (Phi) is 8.09. The number of hydrogen-bond acceptors (Lipinski definition) is 6. The van der Waals surface area contributed by atoms with Crippen LogP contribution < -0.4 is 10.6 Å². The molecule has 0 saturated carbocycles. The third-order valence-electron chi connectivity index (χ3n) is 4.08. The van der Waals surface area contributed by atoms with Crippen molar-refractivity contribution in [3.63, 3.8) is 0 Å². The van der Waals surface area contributed by atoms with E-state index >= 15 is 0 Å². The van der Waals surface area contributed by atoms with E-state index in [2.05, 4.69) is 0 Å². The predicted molar refractivity (Wildman–Crippen MR) is 95.3 cm³/mol. The van der Waals surface area contributed by atoms with Crippen molar-refractivity contribution in [2.24, 2.45) is 5.73 Å². The van der Waals surface area contributed by atoms with Crippen LogP contribution in [-0.2, 0) is 25.2 Å². The summed E-state index contributed by atoms with van der Waals surface area (Å²) in [4.78, 5) is 27.6. The molecule has 25 heavy (non-hydrogen) atoms. The van der Waals surface area contributed by atoms with Gasteiger partial charge in [0.05, 0.1) is 6.61 Å². The molecule has 0 fully saturated rings. The summed E-state index contributed by atoms with van der Waals surface area (Å²) < 4.78 is 22.5. The van der Waals surface area contributed by atoms with E-state index in [1.807, 2.05) is 6.92 Å². The van der Waals surface area contributed by atoms with Crippen LogP contribution in [0.1, 0.15) is 46.1 Å². The van der Waals surface area contributed by atoms with E-state index in [4.69, 9.17) is 20.0 Å². The van der Waals surface area contributed by atoms with Gasteiger partial charge < -0.3 is 20.3 Å². The van der Waals surface area contributed by atoms with Gasteiger partial charge in [0.2, 0.25) is 0 Å². The third kappa shape index (κ3) is 5.28. The fourth-order valence-corrected chi connectivity index (χ4v) is 3.96. The molecule has 0 bridgehead atoms. The molecule has 0 aliphatic heterocycles. The second kappa shape index (κ2) is 9.34. The quantitative estimate of drug-likeness (QED) is 0.281. The van der Waals surface area contributed by atoms with Crippen molar-refractivity contribution in [1.29, 1.82) is 0 Å². The molecule has 0 saturated heterocycles. The molecule has 1 rings (SSSR count). The van der Waals surface area contributed by atoms with Crippen molar-refractivity contribution in [3.05, 3.63) is 29.8 Å². The molecule has 1 aromatic carbocycles. The number of ether oxygens (including phenoxy) is 1. The molecule has 0 heterocycles. The van der Waals surface area contributed by atoms with Crippen LogP contribution in [0.5, 0.6) is 5.75 Å². The van der Waals surface area contributed by atoms with Crippen LogP contribution in [0.15, 0.2) is 24.3 Å². The topological polar surface area (TPSA) is 108 Å². The number of benzene rings is 1. The average Bonchev–Trinajstić information content (AvgIpc) is 2.55. The molecule has 0 spiro atoms. The monoisotopic (exact) mass is 373 g/mol. The van der Waals surface area contributed by atoms with Gasteiger partial charge in [0.15, 0.2) is 10.9 Å². The summed E-state index contributed by atoms with van der Waals surface area (Å²) in [6.45, 7) is 6.92. The Morgan fingerprint density at radius 1 is 1.24 bits per heavy atom. The highest BCUT2D eigenvalue weighted by atomic mass is 31.2. The van der Waals surface area contributed by atoms with Crippen LogP contribution in [0.4, 0.5) is 0 Å². The Bertz CT molecular complexity index is 598. The zero-order valence-corrected chi connectivity index (χ0v) is 16.1. The van der Waals surface area contributed by atoms with Crippen LogP contribution in [0.2, 0.25) is 0 Å². The van der Waals surface area contributed by atoms with E-state index in [1.165, 1.54) is 0 Å². The minimum absolute atomic E-state index is 0.0278. The molecule has 7 nitrogen and oxygen atoms in total. The van der Waals surface area contributed by atoms with Gasteiger partial charge in [-0.1, -0.05) is 30.7 Å². The standard InChI is InChI=1S/C17H28NO6P/c1-5-17(6-2,16(19)22-7-3)25(20,21)24-23-15-10-8-14(9-11-15)12-13(4)18/h8-11,13H,5-7,12,18H2,1-4H3,(H,20,21)/t13-/m1/s1. The third-order valence-corrected chi connectivity index (χ3v) is 6.26. The molecule has 0 aliphatic rings. The molecule has 3 N–H and O–H groups in total. The normalized spacial score (nSPS) is 15.3. The summed E-state index contributed by atoms with van der Waals surface area (Å²) in [7, 11) is -4.44. The van der Waals surface area contributed by atoms with E-state index in [-0.39, 0.29) is 31.2 Å². The van der Waals surface area contributed by atoms with Crippen LogP contribution in [0.25, 0.3) is 0 Å². The van der Waals surface area contributed by atoms with Crippen molar-refractivity contribution in [2.45, 2.75) is 58.2 Å². The average molecular weight is 373 g/mol. The highest BCUT2D eigenvalue weighted by molar-refractivity contribution is 7.55. The molecule has 0 aliphatic carbocycles. The van der Waals surface area contributed by atoms with Gasteiger partial charge in [-0.25, -0.2) is 0 Å². The first-order valence-electron chi connectivity index (χ1n) is 8.43. The maximum atomic E-state index is 12.7. The van der Waals surface area contributed by atoms with Crippen LogP contribution in [0, 0.1) is 0 Å². The van der Waals surface area contributed by atoms with Crippen molar-refractivity contribution < 1.29 is 28.6 Å². The Morgan fingerprint density at radius 3 is 2.24 bits per heavy atom. The maximum Gasteiger partial charge on any atom is 0.383 e. The first-order chi connectivity index (χ1) is 11.7. The Labute approximate surface area is 148 Å². The van der Waals surface area contributed by atoms with Gasteiger partial charge in [-0.15, -0.1) is 0 Å². The summed E-state index contributed by atoms with van der Waals surface area (Å²) >= 11 is 0. The zero-order valence-electron chi connectivity index (χ0n) is 15.2. The minimum atomic E-state index is -4.44. The van der Waals surface area contributed by atoms with Crippen molar-refractivity contribution in [2.75, 3.05) is 6.61 Å². The summed E-state index contributed by atoms with van der Waals surface area (Å²) in [5, 5.41) is -1.65. The van der Waals surface area contributed by atoms with E-state index in [0.717, 1.165) is 5.56 Å². The molecule has 0 aromatic heterocycles. The molecular formula is C17H28NO6P. The van der Waals surface area contributed by atoms with Gasteiger partial charge in [0.1, 0.15) is 0 Å². The summed E-state index contributed by atoms with van der Waals surface area (Å²) in [5.41, 5.74) is 6.75. The molecule has 8 heteroatoms. The van der Waals surface area contributed by atoms with Crippen molar-refractivity contribution in [1.82, 2.24) is 0 Å². The van der Waals surface area contributed by atoms with Gasteiger partial charge in [-0.3, -0.25) is 9.36 Å². The highest BCUT2D eigenvalue weighted by Gasteiger charge is 2.55. The van der Waals surface area contributed by atoms with E-state index in [1.54, 1.807) is 45.0 Å². The number of carbonyl (C=O) groups excluding carboxylic acids is 1. The van der Waals surface area contributed by atoms with Crippen molar-refractivity contribution >= 4 is 13.6 Å². The fourth-order valence-electron chi connectivity index (χ4n) is 2.54. The highest BCUT2D eigenvalue weighted by Crippen LogP contribution is 2.59. The van der Waals surface area contributed by atoms with Gasteiger partial charge in [0.25, 0.3) is 0 Å². The van der Waals surface area contributed by atoms with E-state index in [0.29, 0.717) is 6.42 Å². The number of esters is 1. The molecule has 2 atom stereocenters. The lowest BCUT2D eigenvalue weighted by Gasteiger charge is -2.31. The lowest BCUT2D eigenvalue weighted by Crippen LogP contribution is -2.39. The number of carbonyl (C=O) groups is 1. The largest absolute Gasteiger partial charge is 0.465 e. The number of nitrogens with two attached hydrogens (primary N) is 1. The smallest absolute Gasteiger partial charge is 0.383 e. The van der Waals surface area contributed by atoms with Gasteiger partial charge in [0, 0.05) is 6.04 Å². The number of hydrogen-bond donors (Lipinski definition) is 2. The van der Waals surface area contributed by atoms with Gasteiger partial charge in [-0.2, -0.15) is 0 Å².